The molecule has 0 aromatic heterocycles. The first kappa shape index (κ1) is 14.9. The summed E-state index contributed by atoms with van der Waals surface area (Å²) in [5.74, 6) is 0. The van der Waals surface area contributed by atoms with Gasteiger partial charge in [-0.2, -0.15) is 13.2 Å². The van der Waals surface area contributed by atoms with Gasteiger partial charge in [0.2, 0.25) is 0 Å². The molecule has 2 rings (SSSR count). The maximum atomic E-state index is 12.0. The van der Waals surface area contributed by atoms with E-state index in [-0.39, 0.29) is 12.8 Å². The van der Waals surface area contributed by atoms with Crippen molar-refractivity contribution in [1.29, 1.82) is 0 Å². The van der Waals surface area contributed by atoms with Gasteiger partial charge < -0.3 is 5.11 Å². The number of fused-ring (bicyclic) bond motifs is 1. The number of hydrogen-bond donors (Lipinski definition) is 1. The van der Waals surface area contributed by atoms with Crippen LogP contribution in [0.3, 0.4) is 0 Å². The van der Waals surface area contributed by atoms with E-state index in [1.54, 1.807) is 0 Å². The Bertz CT molecular complexity index is 563. The van der Waals surface area contributed by atoms with E-state index in [2.05, 4.69) is 0 Å². The molecule has 0 radical (unpaired) electrons. The summed E-state index contributed by atoms with van der Waals surface area (Å²) in [5.41, 5.74) is 0.947. The summed E-state index contributed by atoms with van der Waals surface area (Å²) in [6.07, 6.45) is -5.16. The van der Waals surface area contributed by atoms with Gasteiger partial charge in [-0.25, -0.2) is 0 Å². The van der Waals surface area contributed by atoms with Crippen molar-refractivity contribution in [3.05, 3.63) is 48.0 Å². The second-order valence-electron chi connectivity index (χ2n) is 5.05. The summed E-state index contributed by atoms with van der Waals surface area (Å²) in [4.78, 5) is 0. The van der Waals surface area contributed by atoms with Gasteiger partial charge in [0.1, 0.15) is 0 Å². The first-order chi connectivity index (χ1) is 9.44. The van der Waals surface area contributed by atoms with Gasteiger partial charge >= 0.3 is 6.18 Å². The second-order valence-corrected chi connectivity index (χ2v) is 5.05. The molecular weight excluding hydrogens is 265 g/mol. The van der Waals surface area contributed by atoms with Gasteiger partial charge in [0, 0.05) is 6.42 Å². The van der Waals surface area contributed by atoms with Crippen molar-refractivity contribution in [1.82, 2.24) is 0 Å². The standard InChI is InChI=1S/C16H17F3O/c17-16(18,19)9-3-6-15(20)11-12-7-8-13-4-1-2-5-14(13)10-12/h1-2,4-5,7-8,10,15,20H,3,6,9,11H2. The van der Waals surface area contributed by atoms with Crippen LogP contribution in [0.1, 0.15) is 24.8 Å². The van der Waals surface area contributed by atoms with E-state index < -0.39 is 18.7 Å². The third kappa shape index (κ3) is 4.53. The van der Waals surface area contributed by atoms with Crippen molar-refractivity contribution >= 4 is 10.8 Å². The lowest BCUT2D eigenvalue weighted by atomic mass is 10.0. The normalized spacial score (nSPS) is 13.6. The summed E-state index contributed by atoms with van der Waals surface area (Å²) in [6, 6.07) is 13.7. The maximum Gasteiger partial charge on any atom is 0.389 e. The molecule has 0 saturated heterocycles. The number of rotatable bonds is 5. The number of alkyl halides is 3. The molecule has 0 aliphatic rings. The van der Waals surface area contributed by atoms with Gasteiger partial charge in [0.25, 0.3) is 0 Å². The summed E-state index contributed by atoms with van der Waals surface area (Å²) < 4.78 is 36.1. The first-order valence-electron chi connectivity index (χ1n) is 6.66. The monoisotopic (exact) mass is 282 g/mol. The minimum atomic E-state index is -4.14. The van der Waals surface area contributed by atoms with Gasteiger partial charge in [-0.1, -0.05) is 42.5 Å². The van der Waals surface area contributed by atoms with Gasteiger partial charge in [-0.05, 0) is 35.6 Å². The lowest BCUT2D eigenvalue weighted by Gasteiger charge is -2.12. The predicted molar refractivity (Wildman–Crippen MR) is 73.6 cm³/mol. The Morgan fingerprint density at radius 1 is 1.00 bits per heavy atom. The Morgan fingerprint density at radius 3 is 2.40 bits per heavy atom. The fourth-order valence-electron chi connectivity index (χ4n) is 2.28. The molecule has 0 bridgehead atoms. The Morgan fingerprint density at radius 2 is 1.70 bits per heavy atom. The number of hydrogen-bond acceptors (Lipinski definition) is 1. The molecule has 0 heterocycles. The first-order valence-corrected chi connectivity index (χ1v) is 6.66. The molecule has 0 aliphatic carbocycles. The molecule has 0 aliphatic heterocycles. The number of benzene rings is 2. The lowest BCUT2D eigenvalue weighted by Crippen LogP contribution is -2.13. The molecule has 0 saturated carbocycles. The SMILES string of the molecule is OC(CCCC(F)(F)F)Cc1ccc2ccccc2c1. The van der Waals surface area contributed by atoms with Crippen LogP contribution >= 0.6 is 0 Å². The second kappa shape index (κ2) is 6.27. The molecule has 1 unspecified atom stereocenters. The van der Waals surface area contributed by atoms with Crippen LogP contribution in [0, 0.1) is 0 Å². The zero-order valence-electron chi connectivity index (χ0n) is 11.0. The molecular formula is C16H17F3O. The van der Waals surface area contributed by atoms with E-state index in [1.165, 1.54) is 0 Å². The Kier molecular flexibility index (Phi) is 4.65. The number of aliphatic hydroxyl groups is 1. The molecule has 0 fully saturated rings. The molecule has 108 valence electrons. The van der Waals surface area contributed by atoms with Crippen molar-refractivity contribution in [2.45, 2.75) is 38.0 Å². The molecule has 0 spiro atoms. The quantitative estimate of drug-likeness (QED) is 0.857. The fraction of sp³-hybridized carbons (Fsp3) is 0.375. The van der Waals surface area contributed by atoms with Gasteiger partial charge in [-0.3, -0.25) is 0 Å². The van der Waals surface area contributed by atoms with Crippen molar-refractivity contribution in [2.24, 2.45) is 0 Å². The van der Waals surface area contributed by atoms with Crippen LogP contribution in [0.5, 0.6) is 0 Å². The van der Waals surface area contributed by atoms with E-state index >= 15 is 0 Å². The summed E-state index contributed by atoms with van der Waals surface area (Å²) >= 11 is 0. The highest BCUT2D eigenvalue weighted by atomic mass is 19.4. The largest absolute Gasteiger partial charge is 0.393 e. The molecule has 20 heavy (non-hydrogen) atoms. The predicted octanol–water partition coefficient (Wildman–Crippen LogP) is 4.48. The Labute approximate surface area is 116 Å². The van der Waals surface area contributed by atoms with E-state index in [4.69, 9.17) is 0 Å². The average molecular weight is 282 g/mol. The van der Waals surface area contributed by atoms with Crippen LogP contribution in [0.15, 0.2) is 42.5 Å². The van der Waals surface area contributed by atoms with Crippen LogP contribution < -0.4 is 0 Å². The van der Waals surface area contributed by atoms with Crippen molar-refractivity contribution in [2.75, 3.05) is 0 Å². The molecule has 2 aromatic carbocycles. The highest BCUT2D eigenvalue weighted by molar-refractivity contribution is 5.82. The van der Waals surface area contributed by atoms with Crippen molar-refractivity contribution < 1.29 is 18.3 Å². The highest BCUT2D eigenvalue weighted by Crippen LogP contribution is 2.23. The fourth-order valence-corrected chi connectivity index (χ4v) is 2.28. The lowest BCUT2D eigenvalue weighted by molar-refractivity contribution is -0.136. The zero-order valence-corrected chi connectivity index (χ0v) is 11.0. The topological polar surface area (TPSA) is 20.2 Å². The summed E-state index contributed by atoms with van der Waals surface area (Å²) in [7, 11) is 0. The third-order valence-corrected chi connectivity index (χ3v) is 3.28. The average Bonchev–Trinajstić information content (AvgIpc) is 2.37. The van der Waals surface area contributed by atoms with E-state index in [9.17, 15) is 18.3 Å². The van der Waals surface area contributed by atoms with E-state index in [0.29, 0.717) is 6.42 Å². The van der Waals surface area contributed by atoms with Gasteiger partial charge in [0.15, 0.2) is 0 Å². The molecule has 4 heteroatoms. The Balaban J connectivity index is 1.91. The van der Waals surface area contributed by atoms with Crippen LogP contribution in [-0.2, 0) is 6.42 Å². The van der Waals surface area contributed by atoms with E-state index in [1.807, 2.05) is 42.5 Å². The highest BCUT2D eigenvalue weighted by Gasteiger charge is 2.26. The molecule has 1 nitrogen and oxygen atoms in total. The van der Waals surface area contributed by atoms with Gasteiger partial charge in [0.05, 0.1) is 6.10 Å². The van der Waals surface area contributed by atoms with Crippen LogP contribution in [-0.4, -0.2) is 17.4 Å². The molecule has 2 aromatic rings. The smallest absolute Gasteiger partial charge is 0.389 e. The van der Waals surface area contributed by atoms with Crippen molar-refractivity contribution in [3.8, 4) is 0 Å². The third-order valence-electron chi connectivity index (χ3n) is 3.28. The summed E-state index contributed by atoms with van der Waals surface area (Å²) in [5, 5.41) is 12.0. The Hall–Kier alpha value is -1.55. The minimum absolute atomic E-state index is 0.0295. The summed E-state index contributed by atoms with van der Waals surface area (Å²) in [6.45, 7) is 0. The molecule has 0 amide bonds. The van der Waals surface area contributed by atoms with Crippen LogP contribution in [0.4, 0.5) is 13.2 Å². The number of halogens is 3. The maximum absolute atomic E-state index is 12.0. The van der Waals surface area contributed by atoms with E-state index in [0.717, 1.165) is 16.3 Å². The number of aliphatic hydroxyl groups excluding tert-OH is 1. The molecule has 1 N–H and O–H groups in total. The minimum Gasteiger partial charge on any atom is -0.393 e. The molecule has 1 atom stereocenters. The van der Waals surface area contributed by atoms with Crippen LogP contribution in [0.2, 0.25) is 0 Å². The van der Waals surface area contributed by atoms with Crippen LogP contribution in [0.25, 0.3) is 10.8 Å². The van der Waals surface area contributed by atoms with Gasteiger partial charge in [-0.15, -0.1) is 0 Å². The van der Waals surface area contributed by atoms with Crippen molar-refractivity contribution in [3.63, 3.8) is 0 Å². The zero-order chi connectivity index (χ0) is 14.6.